The second kappa shape index (κ2) is 6.06. The Morgan fingerprint density at radius 2 is 2.26 bits per heavy atom. The van der Waals surface area contributed by atoms with Crippen LogP contribution in [0.5, 0.6) is 0 Å². The maximum atomic E-state index is 4.57. The van der Waals surface area contributed by atoms with Crippen molar-refractivity contribution in [2.75, 3.05) is 20.6 Å². The summed E-state index contributed by atoms with van der Waals surface area (Å²) in [4.78, 5) is 12.4. The molecule has 0 radical (unpaired) electrons. The quantitative estimate of drug-likeness (QED) is 0.879. The van der Waals surface area contributed by atoms with E-state index in [2.05, 4.69) is 39.0 Å². The lowest BCUT2D eigenvalue weighted by atomic mass is 10.2. The first-order valence-electron chi connectivity index (χ1n) is 6.42. The highest BCUT2D eigenvalue weighted by Crippen LogP contribution is 2.15. The van der Waals surface area contributed by atoms with E-state index in [1.165, 1.54) is 10.4 Å². The number of hydrogen-bond donors (Lipinski definition) is 2. The van der Waals surface area contributed by atoms with Crippen LogP contribution in [0.25, 0.3) is 0 Å². The van der Waals surface area contributed by atoms with Crippen molar-refractivity contribution in [3.05, 3.63) is 21.9 Å². The van der Waals surface area contributed by atoms with E-state index in [-0.39, 0.29) is 6.17 Å². The molecule has 1 aromatic heterocycles. The molecule has 0 bridgehead atoms. The molecule has 1 aliphatic heterocycles. The molecule has 0 saturated carbocycles. The number of hydrogen-bond acceptors (Lipinski definition) is 4. The number of nitrogens with zero attached hydrogens (tertiary/aromatic N) is 3. The van der Waals surface area contributed by atoms with Crippen LogP contribution >= 0.6 is 11.3 Å². The van der Waals surface area contributed by atoms with Gasteiger partial charge in [0.25, 0.3) is 0 Å². The lowest BCUT2D eigenvalue weighted by Gasteiger charge is -2.26. The summed E-state index contributed by atoms with van der Waals surface area (Å²) in [5.41, 5.74) is 1.39. The molecule has 104 valence electrons. The minimum absolute atomic E-state index is 0.0558. The predicted molar refractivity (Wildman–Crippen MR) is 81.9 cm³/mol. The van der Waals surface area contributed by atoms with Gasteiger partial charge in [0.2, 0.25) is 5.96 Å². The molecule has 2 rings (SSSR count). The molecule has 2 N–H and O–H groups in total. The Balaban J connectivity index is 1.93. The molecule has 0 saturated heterocycles. The Morgan fingerprint density at radius 3 is 2.89 bits per heavy atom. The van der Waals surface area contributed by atoms with Crippen molar-refractivity contribution in [1.82, 2.24) is 15.5 Å². The zero-order chi connectivity index (χ0) is 13.8. The second-order valence-electron chi connectivity index (χ2n) is 4.77. The molecule has 0 spiro atoms. The van der Waals surface area contributed by atoms with E-state index in [4.69, 9.17) is 0 Å². The van der Waals surface area contributed by atoms with Crippen LogP contribution in [-0.2, 0) is 6.42 Å². The van der Waals surface area contributed by atoms with Crippen molar-refractivity contribution >= 4 is 23.3 Å². The molecule has 1 unspecified atom stereocenters. The molecule has 0 aliphatic carbocycles. The van der Waals surface area contributed by atoms with Crippen LogP contribution < -0.4 is 10.6 Å². The Hall–Kier alpha value is -1.56. The van der Waals surface area contributed by atoms with Gasteiger partial charge in [-0.1, -0.05) is 0 Å². The van der Waals surface area contributed by atoms with Gasteiger partial charge in [-0.15, -0.1) is 11.3 Å². The molecule has 0 amide bonds. The van der Waals surface area contributed by atoms with E-state index in [0.717, 1.165) is 24.9 Å². The average molecular weight is 279 g/mol. The zero-order valence-corrected chi connectivity index (χ0v) is 12.7. The first-order chi connectivity index (χ1) is 9.06. The zero-order valence-electron chi connectivity index (χ0n) is 11.9. The first kappa shape index (κ1) is 13.9. The van der Waals surface area contributed by atoms with Gasteiger partial charge in [-0.05, 0) is 37.3 Å². The second-order valence-corrected chi connectivity index (χ2v) is 5.90. The molecule has 1 aliphatic rings. The van der Waals surface area contributed by atoms with Gasteiger partial charge >= 0.3 is 0 Å². The molecule has 1 atom stereocenters. The third-order valence-electron chi connectivity index (χ3n) is 2.93. The summed E-state index contributed by atoms with van der Waals surface area (Å²) < 4.78 is 0. The van der Waals surface area contributed by atoms with Crippen LogP contribution in [0.1, 0.15) is 17.4 Å². The lowest BCUT2D eigenvalue weighted by molar-refractivity contribution is 0.559. The van der Waals surface area contributed by atoms with Crippen LogP contribution in [0.15, 0.2) is 21.4 Å². The van der Waals surface area contributed by atoms with E-state index >= 15 is 0 Å². The van der Waals surface area contributed by atoms with Crippen LogP contribution in [0.3, 0.4) is 0 Å². The summed E-state index contributed by atoms with van der Waals surface area (Å²) in [6.45, 7) is 4.95. The van der Waals surface area contributed by atoms with Crippen molar-refractivity contribution < 1.29 is 0 Å². The molecule has 5 nitrogen and oxygen atoms in total. The molecule has 0 aromatic carbocycles. The summed E-state index contributed by atoms with van der Waals surface area (Å²) in [7, 11) is 3.94. The molecular formula is C13H21N5S. The lowest BCUT2D eigenvalue weighted by Crippen LogP contribution is -2.53. The Morgan fingerprint density at radius 1 is 1.47 bits per heavy atom. The van der Waals surface area contributed by atoms with Gasteiger partial charge in [0, 0.05) is 25.5 Å². The fraction of sp³-hybridized carbons (Fsp3) is 0.538. The van der Waals surface area contributed by atoms with Gasteiger partial charge in [-0.25, -0.2) is 4.99 Å². The van der Waals surface area contributed by atoms with Crippen LogP contribution in [0, 0.1) is 6.92 Å². The van der Waals surface area contributed by atoms with Crippen molar-refractivity contribution in [2.24, 2.45) is 9.98 Å². The molecule has 19 heavy (non-hydrogen) atoms. The van der Waals surface area contributed by atoms with E-state index < -0.39 is 0 Å². The molecule has 6 heteroatoms. The van der Waals surface area contributed by atoms with E-state index in [1.54, 1.807) is 11.3 Å². The van der Waals surface area contributed by atoms with Gasteiger partial charge in [0.15, 0.2) is 5.96 Å². The smallest absolute Gasteiger partial charge is 0.202 e. The van der Waals surface area contributed by atoms with Gasteiger partial charge in [0.05, 0.1) is 0 Å². The summed E-state index contributed by atoms with van der Waals surface area (Å²) in [6, 6.07) is 2.18. The number of rotatable bonds is 3. The standard InChI is InChI=1S/C13H21N5S/c1-9-11(6-8-19-9)5-7-14-12-15-10(2)16-13(17-12)18(3)4/h6,8,10H,5,7H2,1-4H3,(H2,14,15,16,17). The van der Waals surface area contributed by atoms with Gasteiger partial charge in [0.1, 0.15) is 6.17 Å². The first-order valence-corrected chi connectivity index (χ1v) is 7.30. The Labute approximate surface area is 118 Å². The highest BCUT2D eigenvalue weighted by molar-refractivity contribution is 7.10. The van der Waals surface area contributed by atoms with E-state index in [1.807, 2.05) is 25.9 Å². The highest BCUT2D eigenvalue weighted by atomic mass is 32.1. The monoisotopic (exact) mass is 279 g/mol. The van der Waals surface area contributed by atoms with Crippen LogP contribution in [0.2, 0.25) is 0 Å². The largest absolute Gasteiger partial charge is 0.349 e. The number of aliphatic imine (C=N–C) groups is 2. The molecule has 2 heterocycles. The molecule has 0 fully saturated rings. The summed E-state index contributed by atoms with van der Waals surface area (Å²) >= 11 is 1.79. The average Bonchev–Trinajstić information content (AvgIpc) is 2.74. The fourth-order valence-electron chi connectivity index (χ4n) is 1.86. The summed E-state index contributed by atoms with van der Waals surface area (Å²) in [6.07, 6.45) is 1.03. The topological polar surface area (TPSA) is 52.0 Å². The number of aryl methyl sites for hydroxylation is 1. The Bertz CT molecular complexity index is 489. The molecular weight excluding hydrogens is 258 g/mol. The normalized spacial score (nSPS) is 20.7. The maximum Gasteiger partial charge on any atom is 0.202 e. The summed E-state index contributed by atoms with van der Waals surface area (Å²) in [5.74, 6) is 1.65. The number of nitrogens with one attached hydrogen (secondary N) is 2. The van der Waals surface area contributed by atoms with Gasteiger partial charge in [-0.2, -0.15) is 0 Å². The molecule has 1 aromatic rings. The fourth-order valence-corrected chi connectivity index (χ4v) is 2.62. The van der Waals surface area contributed by atoms with E-state index in [0.29, 0.717) is 0 Å². The van der Waals surface area contributed by atoms with Crippen LogP contribution in [-0.4, -0.2) is 43.6 Å². The van der Waals surface area contributed by atoms with Crippen molar-refractivity contribution in [2.45, 2.75) is 26.4 Å². The van der Waals surface area contributed by atoms with Gasteiger partial charge < -0.3 is 10.2 Å². The van der Waals surface area contributed by atoms with E-state index in [9.17, 15) is 0 Å². The highest BCUT2D eigenvalue weighted by Gasteiger charge is 2.15. The van der Waals surface area contributed by atoms with Crippen molar-refractivity contribution in [1.29, 1.82) is 0 Å². The SMILES string of the molecule is Cc1sccc1CCN=C1NC(N(C)C)=NC(C)N1. The number of guanidine groups is 2. The van der Waals surface area contributed by atoms with Crippen LogP contribution in [0.4, 0.5) is 0 Å². The maximum absolute atomic E-state index is 4.57. The van der Waals surface area contributed by atoms with Gasteiger partial charge in [-0.3, -0.25) is 10.3 Å². The third kappa shape index (κ3) is 3.70. The minimum atomic E-state index is 0.0558. The van der Waals surface area contributed by atoms with Crippen molar-refractivity contribution in [3.63, 3.8) is 0 Å². The number of thiophene rings is 1. The predicted octanol–water partition coefficient (Wildman–Crippen LogP) is 1.41. The minimum Gasteiger partial charge on any atom is -0.349 e. The third-order valence-corrected chi connectivity index (χ3v) is 3.82. The van der Waals surface area contributed by atoms with Crippen molar-refractivity contribution in [3.8, 4) is 0 Å². The Kier molecular flexibility index (Phi) is 4.42. The summed E-state index contributed by atoms with van der Waals surface area (Å²) in [5, 5.41) is 8.55.